The van der Waals surface area contributed by atoms with E-state index in [-0.39, 0.29) is 6.61 Å². The molecule has 0 aliphatic heterocycles. The summed E-state index contributed by atoms with van der Waals surface area (Å²) < 4.78 is 4.96. The number of rotatable bonds is 4. The SMILES string of the molecule is N[C@@H](C(=O)NC(=O)OCc1ccccc1)c1ccccc1. The van der Waals surface area contributed by atoms with Gasteiger partial charge in [-0.2, -0.15) is 0 Å². The standard InChI is InChI=1S/C16H16N2O3/c17-14(13-9-5-2-6-10-13)15(19)18-16(20)21-11-12-7-3-1-4-8-12/h1-10,14H,11,17H2,(H,18,19,20)/t14-/m1/s1. The van der Waals surface area contributed by atoms with Crippen LogP contribution in [0, 0.1) is 0 Å². The van der Waals surface area contributed by atoms with Crippen LogP contribution < -0.4 is 11.1 Å². The van der Waals surface area contributed by atoms with Crippen molar-refractivity contribution in [2.75, 3.05) is 0 Å². The molecule has 2 amide bonds. The Bertz CT molecular complexity index is 599. The van der Waals surface area contributed by atoms with Crippen LogP contribution in [0.5, 0.6) is 0 Å². The van der Waals surface area contributed by atoms with Crippen LogP contribution in [0.15, 0.2) is 60.7 Å². The van der Waals surface area contributed by atoms with E-state index >= 15 is 0 Å². The lowest BCUT2D eigenvalue weighted by Crippen LogP contribution is -2.38. The molecule has 21 heavy (non-hydrogen) atoms. The summed E-state index contributed by atoms with van der Waals surface area (Å²) in [7, 11) is 0. The van der Waals surface area contributed by atoms with E-state index in [1.165, 1.54) is 0 Å². The number of carbonyl (C=O) groups is 2. The van der Waals surface area contributed by atoms with E-state index in [1.54, 1.807) is 24.3 Å². The van der Waals surface area contributed by atoms with Crippen LogP contribution in [0.3, 0.4) is 0 Å². The average Bonchev–Trinajstić information content (AvgIpc) is 2.54. The van der Waals surface area contributed by atoms with Crippen molar-refractivity contribution in [3.05, 3.63) is 71.8 Å². The Morgan fingerprint density at radius 2 is 1.57 bits per heavy atom. The van der Waals surface area contributed by atoms with Gasteiger partial charge in [-0.25, -0.2) is 4.79 Å². The molecule has 0 saturated carbocycles. The van der Waals surface area contributed by atoms with Gasteiger partial charge in [0.2, 0.25) is 0 Å². The highest BCUT2D eigenvalue weighted by atomic mass is 16.5. The number of amides is 2. The van der Waals surface area contributed by atoms with Gasteiger partial charge in [-0.15, -0.1) is 0 Å². The topological polar surface area (TPSA) is 81.4 Å². The third-order valence-corrected chi connectivity index (χ3v) is 2.88. The molecule has 0 radical (unpaired) electrons. The van der Waals surface area contributed by atoms with Crippen LogP contribution in [0.2, 0.25) is 0 Å². The number of nitrogens with one attached hydrogen (secondary N) is 1. The fraction of sp³-hybridized carbons (Fsp3) is 0.125. The van der Waals surface area contributed by atoms with Gasteiger partial charge in [0.15, 0.2) is 0 Å². The van der Waals surface area contributed by atoms with E-state index in [2.05, 4.69) is 5.32 Å². The lowest BCUT2D eigenvalue weighted by Gasteiger charge is -2.11. The maximum absolute atomic E-state index is 11.8. The Morgan fingerprint density at radius 1 is 1.00 bits per heavy atom. The van der Waals surface area contributed by atoms with Gasteiger partial charge < -0.3 is 10.5 Å². The van der Waals surface area contributed by atoms with Gasteiger partial charge >= 0.3 is 6.09 Å². The number of benzene rings is 2. The number of alkyl carbamates (subject to hydrolysis) is 1. The predicted octanol–water partition coefficient (Wildman–Crippen LogP) is 2.14. The van der Waals surface area contributed by atoms with Gasteiger partial charge in [-0.3, -0.25) is 10.1 Å². The maximum atomic E-state index is 11.8. The van der Waals surface area contributed by atoms with Crippen LogP contribution in [0.1, 0.15) is 17.2 Å². The molecule has 5 heteroatoms. The molecule has 0 aliphatic carbocycles. The van der Waals surface area contributed by atoms with E-state index in [1.807, 2.05) is 36.4 Å². The monoisotopic (exact) mass is 284 g/mol. The highest BCUT2D eigenvalue weighted by molar-refractivity contribution is 5.95. The number of imide groups is 1. The van der Waals surface area contributed by atoms with Crippen molar-refractivity contribution in [2.45, 2.75) is 12.6 Å². The van der Waals surface area contributed by atoms with Crippen molar-refractivity contribution in [1.82, 2.24) is 5.32 Å². The highest BCUT2D eigenvalue weighted by Crippen LogP contribution is 2.09. The van der Waals surface area contributed by atoms with Crippen molar-refractivity contribution < 1.29 is 14.3 Å². The second-order valence-electron chi connectivity index (χ2n) is 4.44. The van der Waals surface area contributed by atoms with Crippen molar-refractivity contribution in [3.8, 4) is 0 Å². The second kappa shape index (κ2) is 7.21. The number of hydrogen-bond donors (Lipinski definition) is 2. The second-order valence-corrected chi connectivity index (χ2v) is 4.44. The molecule has 0 unspecified atom stereocenters. The van der Waals surface area contributed by atoms with Gasteiger partial charge in [-0.1, -0.05) is 60.7 Å². The number of nitrogens with two attached hydrogens (primary N) is 1. The van der Waals surface area contributed by atoms with Gasteiger partial charge in [0.1, 0.15) is 12.6 Å². The number of carbonyl (C=O) groups excluding carboxylic acids is 2. The molecular weight excluding hydrogens is 268 g/mol. The fourth-order valence-corrected chi connectivity index (χ4v) is 1.75. The molecule has 0 bridgehead atoms. The van der Waals surface area contributed by atoms with E-state index in [9.17, 15) is 9.59 Å². The first-order valence-electron chi connectivity index (χ1n) is 6.49. The normalized spacial score (nSPS) is 11.5. The minimum absolute atomic E-state index is 0.0977. The van der Waals surface area contributed by atoms with E-state index < -0.39 is 18.0 Å². The molecule has 0 fully saturated rings. The summed E-state index contributed by atoms with van der Waals surface area (Å²) in [6.07, 6.45) is -0.810. The van der Waals surface area contributed by atoms with E-state index in [0.29, 0.717) is 5.56 Å². The largest absolute Gasteiger partial charge is 0.444 e. The lowest BCUT2D eigenvalue weighted by atomic mass is 10.1. The molecular formula is C16H16N2O3. The molecule has 0 spiro atoms. The molecule has 2 aromatic rings. The van der Waals surface area contributed by atoms with Crippen LogP contribution in [-0.2, 0) is 16.1 Å². The molecule has 0 aliphatic rings. The zero-order valence-corrected chi connectivity index (χ0v) is 11.4. The zero-order chi connectivity index (χ0) is 15.1. The van der Waals surface area contributed by atoms with Crippen molar-refractivity contribution in [2.24, 2.45) is 5.73 Å². The van der Waals surface area contributed by atoms with Gasteiger partial charge in [0, 0.05) is 0 Å². The van der Waals surface area contributed by atoms with Crippen molar-refractivity contribution in [1.29, 1.82) is 0 Å². The zero-order valence-electron chi connectivity index (χ0n) is 11.4. The fourth-order valence-electron chi connectivity index (χ4n) is 1.75. The van der Waals surface area contributed by atoms with Gasteiger partial charge in [0.05, 0.1) is 0 Å². The molecule has 3 N–H and O–H groups in total. The molecule has 1 atom stereocenters. The smallest absolute Gasteiger partial charge is 0.414 e. The molecule has 5 nitrogen and oxygen atoms in total. The summed E-state index contributed by atoms with van der Waals surface area (Å²) >= 11 is 0. The minimum Gasteiger partial charge on any atom is -0.444 e. The van der Waals surface area contributed by atoms with Gasteiger partial charge in [0.25, 0.3) is 5.91 Å². The Balaban J connectivity index is 1.83. The molecule has 2 aromatic carbocycles. The molecule has 0 heterocycles. The predicted molar refractivity (Wildman–Crippen MR) is 78.1 cm³/mol. The summed E-state index contributed by atoms with van der Waals surface area (Å²) in [6.45, 7) is 0.0977. The lowest BCUT2D eigenvalue weighted by molar-refractivity contribution is -0.121. The quantitative estimate of drug-likeness (QED) is 0.901. The van der Waals surface area contributed by atoms with Crippen LogP contribution in [0.4, 0.5) is 4.79 Å². The summed E-state index contributed by atoms with van der Waals surface area (Å²) in [5.74, 6) is -0.598. The first-order valence-corrected chi connectivity index (χ1v) is 6.49. The molecule has 108 valence electrons. The minimum atomic E-state index is -0.907. The maximum Gasteiger partial charge on any atom is 0.414 e. The van der Waals surface area contributed by atoms with Crippen molar-refractivity contribution >= 4 is 12.0 Å². The van der Waals surface area contributed by atoms with Crippen molar-refractivity contribution in [3.63, 3.8) is 0 Å². The first kappa shape index (κ1) is 14.7. The Labute approximate surface area is 122 Å². The third-order valence-electron chi connectivity index (χ3n) is 2.88. The first-order chi connectivity index (χ1) is 10.2. The van der Waals surface area contributed by atoms with E-state index in [0.717, 1.165) is 5.56 Å². The summed E-state index contributed by atoms with van der Waals surface area (Å²) in [4.78, 5) is 23.4. The molecule has 0 aromatic heterocycles. The Morgan fingerprint density at radius 3 is 2.19 bits per heavy atom. The summed E-state index contributed by atoms with van der Waals surface area (Å²) in [5.41, 5.74) is 7.24. The summed E-state index contributed by atoms with van der Waals surface area (Å²) in [6, 6.07) is 17.1. The van der Waals surface area contributed by atoms with E-state index in [4.69, 9.17) is 10.5 Å². The van der Waals surface area contributed by atoms with Crippen LogP contribution >= 0.6 is 0 Å². The van der Waals surface area contributed by atoms with Crippen LogP contribution in [0.25, 0.3) is 0 Å². The number of hydrogen-bond acceptors (Lipinski definition) is 4. The van der Waals surface area contributed by atoms with Crippen LogP contribution in [-0.4, -0.2) is 12.0 Å². The summed E-state index contributed by atoms with van der Waals surface area (Å²) in [5, 5.41) is 2.12. The Hall–Kier alpha value is -2.66. The molecule has 0 saturated heterocycles. The average molecular weight is 284 g/mol. The molecule has 2 rings (SSSR count). The third kappa shape index (κ3) is 4.43. The Kier molecular flexibility index (Phi) is 5.06. The van der Waals surface area contributed by atoms with Gasteiger partial charge in [-0.05, 0) is 11.1 Å². The number of ether oxygens (including phenoxy) is 1. The highest BCUT2D eigenvalue weighted by Gasteiger charge is 2.18.